The van der Waals surface area contributed by atoms with Crippen molar-refractivity contribution in [3.63, 3.8) is 0 Å². The second kappa shape index (κ2) is 4.09. The van der Waals surface area contributed by atoms with Crippen molar-refractivity contribution in [1.29, 1.82) is 0 Å². The van der Waals surface area contributed by atoms with E-state index in [0.29, 0.717) is 11.3 Å². The Kier molecular flexibility index (Phi) is 2.67. The molecule has 0 radical (unpaired) electrons. The Morgan fingerprint density at radius 2 is 2.11 bits per heavy atom. The first-order valence-corrected chi connectivity index (χ1v) is 6.59. The Morgan fingerprint density at radius 1 is 1.39 bits per heavy atom. The van der Waals surface area contributed by atoms with E-state index in [1.165, 1.54) is 5.56 Å². The summed E-state index contributed by atoms with van der Waals surface area (Å²) in [7, 11) is 0. The van der Waals surface area contributed by atoms with Crippen LogP contribution in [0.15, 0.2) is 18.7 Å². The molecule has 0 amide bonds. The van der Waals surface area contributed by atoms with Crippen molar-refractivity contribution in [2.75, 3.05) is 31.2 Å². The maximum absolute atomic E-state index is 5.31. The van der Waals surface area contributed by atoms with Crippen molar-refractivity contribution in [1.82, 2.24) is 4.98 Å². The SMILES string of the molecule is C=Cc1cc(C(C)C)cc(N2CC3(COC3)C2)n1. The summed E-state index contributed by atoms with van der Waals surface area (Å²) in [4.78, 5) is 7.00. The van der Waals surface area contributed by atoms with Gasteiger partial charge in [-0.2, -0.15) is 0 Å². The zero-order chi connectivity index (χ0) is 12.8. The molecule has 0 N–H and O–H groups in total. The van der Waals surface area contributed by atoms with Crippen molar-refractivity contribution in [3.8, 4) is 0 Å². The zero-order valence-corrected chi connectivity index (χ0v) is 11.1. The van der Waals surface area contributed by atoms with Crippen molar-refractivity contribution in [3.05, 3.63) is 30.0 Å². The molecule has 2 fully saturated rings. The van der Waals surface area contributed by atoms with Gasteiger partial charge in [-0.05, 0) is 29.7 Å². The fraction of sp³-hybridized carbons (Fsp3) is 0.533. The average Bonchev–Trinajstić information content (AvgIpc) is 2.24. The number of hydrogen-bond donors (Lipinski definition) is 0. The summed E-state index contributed by atoms with van der Waals surface area (Å²) in [5.41, 5.74) is 2.74. The molecule has 0 atom stereocenters. The normalized spacial score (nSPS) is 20.7. The highest BCUT2D eigenvalue weighted by Gasteiger charge is 2.49. The Labute approximate surface area is 108 Å². The highest BCUT2D eigenvalue weighted by molar-refractivity contribution is 5.53. The summed E-state index contributed by atoms with van der Waals surface area (Å²) in [6, 6.07) is 4.34. The van der Waals surface area contributed by atoms with E-state index in [1.54, 1.807) is 0 Å². The van der Waals surface area contributed by atoms with Crippen molar-refractivity contribution in [2.24, 2.45) is 5.41 Å². The summed E-state index contributed by atoms with van der Waals surface area (Å²) in [6.45, 7) is 12.3. The second-order valence-corrected chi connectivity index (χ2v) is 5.89. The molecule has 3 heteroatoms. The monoisotopic (exact) mass is 244 g/mol. The molecule has 0 unspecified atom stereocenters. The van der Waals surface area contributed by atoms with Gasteiger partial charge in [0.25, 0.3) is 0 Å². The molecule has 18 heavy (non-hydrogen) atoms. The van der Waals surface area contributed by atoms with Gasteiger partial charge in [-0.25, -0.2) is 4.98 Å². The molecule has 2 aliphatic rings. The third kappa shape index (κ3) is 1.83. The molecule has 3 heterocycles. The molecule has 3 nitrogen and oxygen atoms in total. The standard InChI is InChI=1S/C15H20N2O/c1-4-13-5-12(11(2)3)6-14(16-13)17-7-15(8-17)9-18-10-15/h4-6,11H,1,7-10H2,2-3H3. The van der Waals surface area contributed by atoms with Crippen LogP contribution >= 0.6 is 0 Å². The lowest BCUT2D eigenvalue weighted by Gasteiger charge is -2.55. The van der Waals surface area contributed by atoms with Crippen molar-refractivity contribution < 1.29 is 4.74 Å². The van der Waals surface area contributed by atoms with Gasteiger partial charge in [-0.3, -0.25) is 0 Å². The Morgan fingerprint density at radius 3 is 2.61 bits per heavy atom. The molecule has 3 rings (SSSR count). The maximum atomic E-state index is 5.31. The van der Waals surface area contributed by atoms with Gasteiger partial charge in [0.2, 0.25) is 0 Å². The molecule has 1 aromatic heterocycles. The van der Waals surface area contributed by atoms with Crippen molar-refractivity contribution in [2.45, 2.75) is 19.8 Å². The number of pyridine rings is 1. The van der Waals surface area contributed by atoms with Gasteiger partial charge < -0.3 is 9.64 Å². The minimum Gasteiger partial charge on any atom is -0.380 e. The average molecular weight is 244 g/mol. The van der Waals surface area contributed by atoms with E-state index in [0.717, 1.165) is 37.8 Å². The van der Waals surface area contributed by atoms with Crippen LogP contribution in [0.4, 0.5) is 5.82 Å². The van der Waals surface area contributed by atoms with Crippen LogP contribution in [-0.4, -0.2) is 31.3 Å². The van der Waals surface area contributed by atoms with Gasteiger partial charge >= 0.3 is 0 Å². The van der Waals surface area contributed by atoms with Gasteiger partial charge in [0.1, 0.15) is 5.82 Å². The molecule has 96 valence electrons. The minimum absolute atomic E-state index is 0.434. The predicted octanol–water partition coefficient (Wildman–Crippen LogP) is 2.68. The number of anilines is 1. The first-order valence-electron chi connectivity index (χ1n) is 6.59. The van der Waals surface area contributed by atoms with Crippen LogP contribution in [0.1, 0.15) is 31.0 Å². The Hall–Kier alpha value is -1.35. The number of rotatable bonds is 3. The topological polar surface area (TPSA) is 25.4 Å². The number of aromatic nitrogens is 1. The fourth-order valence-electron chi connectivity index (χ4n) is 2.66. The van der Waals surface area contributed by atoms with Crippen LogP contribution in [0, 0.1) is 5.41 Å². The molecule has 1 spiro atoms. The molecule has 2 saturated heterocycles. The molecule has 1 aromatic rings. The van der Waals surface area contributed by atoms with Gasteiger partial charge in [0, 0.05) is 13.1 Å². The number of nitrogens with zero attached hydrogens (tertiary/aromatic N) is 2. The first kappa shape index (κ1) is 11.7. The third-order valence-corrected chi connectivity index (χ3v) is 3.92. The lowest BCUT2D eigenvalue weighted by Crippen LogP contribution is -2.66. The highest BCUT2D eigenvalue weighted by atomic mass is 16.5. The molecular weight excluding hydrogens is 224 g/mol. The largest absolute Gasteiger partial charge is 0.380 e. The molecular formula is C15H20N2O. The van der Waals surface area contributed by atoms with Crippen LogP contribution in [0.3, 0.4) is 0 Å². The van der Waals surface area contributed by atoms with Gasteiger partial charge in [-0.1, -0.05) is 20.4 Å². The predicted molar refractivity (Wildman–Crippen MR) is 73.9 cm³/mol. The van der Waals surface area contributed by atoms with E-state index >= 15 is 0 Å². The van der Waals surface area contributed by atoms with E-state index in [9.17, 15) is 0 Å². The number of hydrogen-bond acceptors (Lipinski definition) is 3. The van der Waals surface area contributed by atoms with Crippen LogP contribution in [0.5, 0.6) is 0 Å². The lowest BCUT2D eigenvalue weighted by atomic mass is 9.78. The summed E-state index contributed by atoms with van der Waals surface area (Å²) in [6.07, 6.45) is 1.83. The molecule has 0 saturated carbocycles. The summed E-state index contributed by atoms with van der Waals surface area (Å²) >= 11 is 0. The molecule has 0 aliphatic carbocycles. The fourth-order valence-corrected chi connectivity index (χ4v) is 2.66. The van der Waals surface area contributed by atoms with Crippen LogP contribution in [0.2, 0.25) is 0 Å². The second-order valence-electron chi connectivity index (χ2n) is 5.89. The van der Waals surface area contributed by atoms with Crippen LogP contribution in [0.25, 0.3) is 6.08 Å². The van der Waals surface area contributed by atoms with Gasteiger partial charge in [0.15, 0.2) is 0 Å². The quantitative estimate of drug-likeness (QED) is 0.817. The van der Waals surface area contributed by atoms with Crippen LogP contribution in [-0.2, 0) is 4.74 Å². The minimum atomic E-state index is 0.434. The zero-order valence-electron chi connectivity index (χ0n) is 11.1. The van der Waals surface area contributed by atoms with E-state index < -0.39 is 0 Å². The van der Waals surface area contributed by atoms with E-state index in [1.807, 2.05) is 6.08 Å². The van der Waals surface area contributed by atoms with Crippen molar-refractivity contribution >= 4 is 11.9 Å². The summed E-state index contributed by atoms with van der Waals surface area (Å²) < 4.78 is 5.31. The molecule has 0 bridgehead atoms. The molecule has 0 aromatic carbocycles. The smallest absolute Gasteiger partial charge is 0.129 e. The first-order chi connectivity index (χ1) is 8.62. The third-order valence-electron chi connectivity index (χ3n) is 3.92. The maximum Gasteiger partial charge on any atom is 0.129 e. The van der Waals surface area contributed by atoms with E-state index in [4.69, 9.17) is 4.74 Å². The lowest BCUT2D eigenvalue weighted by molar-refractivity contribution is -0.127. The van der Waals surface area contributed by atoms with Gasteiger partial charge in [0.05, 0.1) is 24.3 Å². The summed E-state index contributed by atoms with van der Waals surface area (Å²) in [5, 5.41) is 0. The Balaban J connectivity index is 1.83. The highest BCUT2D eigenvalue weighted by Crippen LogP contribution is 2.40. The van der Waals surface area contributed by atoms with Gasteiger partial charge in [-0.15, -0.1) is 0 Å². The van der Waals surface area contributed by atoms with E-state index in [2.05, 4.69) is 42.4 Å². The number of ether oxygens (including phenoxy) is 1. The Bertz CT molecular complexity index is 469. The molecule has 2 aliphatic heterocycles. The van der Waals surface area contributed by atoms with E-state index in [-0.39, 0.29) is 0 Å². The summed E-state index contributed by atoms with van der Waals surface area (Å²) in [5.74, 6) is 1.61. The van der Waals surface area contributed by atoms with Crippen LogP contribution < -0.4 is 4.90 Å².